The van der Waals surface area contributed by atoms with Crippen LogP contribution in [0.3, 0.4) is 0 Å². The Kier molecular flexibility index (Phi) is 21.2. The highest BCUT2D eigenvalue weighted by atomic mass is 14.9. The van der Waals surface area contributed by atoms with Crippen molar-refractivity contribution in [1.29, 1.82) is 0 Å². The predicted molar refractivity (Wildman–Crippen MR) is 555 cm³/mol. The summed E-state index contributed by atoms with van der Waals surface area (Å²) in [5.74, 6) is 0. The molecule has 129 heavy (non-hydrogen) atoms. The normalized spacial score (nSPS) is 11.3. The monoisotopic (exact) mass is 1640 g/mol. The van der Waals surface area contributed by atoms with E-state index in [2.05, 4.69) is 526 Å². The molecule has 0 saturated heterocycles. The van der Waals surface area contributed by atoms with Crippen LogP contribution in [0.4, 0.5) is 34.1 Å². The van der Waals surface area contributed by atoms with Gasteiger partial charge in [0.1, 0.15) is 0 Å². The van der Waals surface area contributed by atoms with Crippen LogP contribution in [0.5, 0.6) is 0 Å². The molecule has 0 fully saturated rings. The first-order valence-electron chi connectivity index (χ1n) is 44.3. The summed E-state index contributed by atoms with van der Waals surface area (Å²) in [6, 6.07) is 183. The second kappa shape index (κ2) is 35.0. The second-order valence-electron chi connectivity index (χ2n) is 33.1. The summed E-state index contributed by atoms with van der Waals surface area (Å²) in [5, 5.41) is 34.5. The molecular weight excluding hydrogens is 1560 g/mol. The van der Waals surface area contributed by atoms with E-state index >= 15 is 0 Å². The van der Waals surface area contributed by atoms with E-state index in [1.807, 2.05) is 0 Å². The lowest BCUT2D eigenvalue weighted by atomic mass is 9.89. The minimum absolute atomic E-state index is 1.06. The van der Waals surface area contributed by atoms with Crippen molar-refractivity contribution in [3.8, 4) is 100 Å². The minimum Gasteiger partial charge on any atom is -0.355 e. The van der Waals surface area contributed by atoms with E-state index in [4.69, 9.17) is 0 Å². The topological polar surface area (TPSA) is 36.1 Å². The van der Waals surface area contributed by atoms with Crippen molar-refractivity contribution in [3.05, 3.63) is 510 Å². The molecule has 3 nitrogen and oxygen atoms in total. The number of anilines is 6. The van der Waals surface area contributed by atoms with Gasteiger partial charge in [-0.25, -0.2) is 0 Å². The summed E-state index contributed by atoms with van der Waals surface area (Å²) >= 11 is 0. The van der Waals surface area contributed by atoms with E-state index in [9.17, 15) is 0 Å². The molecule has 0 bridgehead atoms. The molecule has 0 spiro atoms. The quantitative estimate of drug-likeness (QED) is 0.0896. The first-order valence-corrected chi connectivity index (χ1v) is 44.3. The van der Waals surface area contributed by atoms with Gasteiger partial charge in [-0.15, -0.1) is 0 Å². The Hall–Kier alpha value is -17.0. The molecule has 0 saturated carbocycles. The van der Waals surface area contributed by atoms with Crippen LogP contribution in [-0.4, -0.2) is 0 Å². The molecule has 3 heteroatoms. The Morgan fingerprint density at radius 3 is 0.698 bits per heavy atom. The molecule has 0 aliphatic carbocycles. The number of benzene rings is 24. The zero-order valence-electron chi connectivity index (χ0n) is 71.0. The van der Waals surface area contributed by atoms with Crippen molar-refractivity contribution < 1.29 is 0 Å². The van der Waals surface area contributed by atoms with Crippen LogP contribution in [-0.2, 0) is 0 Å². The van der Waals surface area contributed by atoms with Gasteiger partial charge in [-0.3, -0.25) is 0 Å². The van der Waals surface area contributed by atoms with E-state index in [1.165, 1.54) is 197 Å². The van der Waals surface area contributed by atoms with Crippen LogP contribution in [0.2, 0.25) is 0 Å². The van der Waals surface area contributed by atoms with Crippen molar-refractivity contribution in [2.45, 2.75) is 0 Å². The Balaban J connectivity index is 0.000000114. The third-order valence-electron chi connectivity index (χ3n) is 25.3. The van der Waals surface area contributed by atoms with Crippen molar-refractivity contribution in [1.82, 2.24) is 0 Å². The maximum absolute atomic E-state index is 3.78. The largest absolute Gasteiger partial charge is 0.355 e. The molecule has 0 heterocycles. The van der Waals surface area contributed by atoms with E-state index in [1.54, 1.807) is 0 Å². The van der Waals surface area contributed by atoms with Crippen LogP contribution in [0, 0.1) is 0 Å². The zero-order valence-corrected chi connectivity index (χ0v) is 71.0. The maximum atomic E-state index is 3.78. The highest BCUT2D eigenvalue weighted by Crippen LogP contribution is 2.48. The summed E-state index contributed by atoms with van der Waals surface area (Å²) in [6.45, 7) is 0. The summed E-state index contributed by atoms with van der Waals surface area (Å²) in [7, 11) is 0. The molecule has 0 aromatic heterocycles. The second-order valence-corrected chi connectivity index (χ2v) is 33.1. The van der Waals surface area contributed by atoms with Gasteiger partial charge in [0, 0.05) is 50.8 Å². The van der Waals surface area contributed by atoms with E-state index in [0.29, 0.717) is 0 Å². The van der Waals surface area contributed by atoms with Crippen molar-refractivity contribution >= 4 is 131 Å². The fraction of sp³-hybridized carbons (Fsp3) is 0. The lowest BCUT2D eigenvalue weighted by Crippen LogP contribution is -1.96. The molecule has 0 aliphatic rings. The molecule has 3 N–H and O–H groups in total. The van der Waals surface area contributed by atoms with Gasteiger partial charge in [-0.1, -0.05) is 431 Å². The lowest BCUT2D eigenvalue weighted by Gasteiger charge is -2.19. The Morgan fingerprint density at radius 2 is 0.333 bits per heavy atom. The van der Waals surface area contributed by atoms with Crippen molar-refractivity contribution in [2.24, 2.45) is 0 Å². The third-order valence-corrected chi connectivity index (χ3v) is 25.3. The molecule has 24 aromatic carbocycles. The molecule has 0 atom stereocenters. The molecule has 0 amide bonds. The van der Waals surface area contributed by atoms with Gasteiger partial charge < -0.3 is 16.0 Å². The summed E-state index contributed by atoms with van der Waals surface area (Å²) < 4.78 is 0. The van der Waals surface area contributed by atoms with Crippen LogP contribution in [0.1, 0.15) is 0 Å². The average molecular weight is 1640 g/mol. The number of rotatable bonds is 15. The Bertz CT molecular complexity index is 8180. The van der Waals surface area contributed by atoms with Crippen LogP contribution in [0.15, 0.2) is 510 Å². The summed E-state index contributed by atoms with van der Waals surface area (Å²) in [5.41, 5.74) is 28.0. The first-order chi connectivity index (χ1) is 64.0. The third kappa shape index (κ3) is 15.6. The van der Waals surface area contributed by atoms with Gasteiger partial charge in [0.05, 0.1) is 0 Å². The van der Waals surface area contributed by atoms with E-state index < -0.39 is 0 Å². The highest BCUT2D eigenvalue weighted by molar-refractivity contribution is 6.28. The highest BCUT2D eigenvalue weighted by Gasteiger charge is 2.21. The summed E-state index contributed by atoms with van der Waals surface area (Å²) in [6.07, 6.45) is 0. The molecule has 606 valence electrons. The summed E-state index contributed by atoms with van der Waals surface area (Å²) in [4.78, 5) is 0. The Labute approximate surface area is 751 Å². The number of hydrogen-bond donors (Lipinski definition) is 3. The average Bonchev–Trinajstić information content (AvgIpc) is 0.747. The zero-order chi connectivity index (χ0) is 85.8. The molecule has 0 aliphatic heterocycles. The fourth-order valence-corrected chi connectivity index (χ4v) is 19.2. The first kappa shape index (κ1) is 78.0. The molecule has 24 rings (SSSR count). The van der Waals surface area contributed by atoms with Gasteiger partial charge in [-0.05, 0) is 259 Å². The number of nitrogens with one attached hydrogen (secondary N) is 3. The van der Waals surface area contributed by atoms with Crippen LogP contribution < -0.4 is 16.0 Å². The molecular formula is C126H87N3. The lowest BCUT2D eigenvalue weighted by molar-refractivity contribution is 1.52. The van der Waals surface area contributed by atoms with Crippen molar-refractivity contribution in [2.75, 3.05) is 16.0 Å². The van der Waals surface area contributed by atoms with Gasteiger partial charge in [0.2, 0.25) is 0 Å². The van der Waals surface area contributed by atoms with Crippen LogP contribution in [0.25, 0.3) is 197 Å². The van der Waals surface area contributed by atoms with Gasteiger partial charge in [0.25, 0.3) is 0 Å². The van der Waals surface area contributed by atoms with E-state index in [0.717, 1.165) is 34.1 Å². The van der Waals surface area contributed by atoms with Gasteiger partial charge >= 0.3 is 0 Å². The van der Waals surface area contributed by atoms with Gasteiger partial charge in [0.15, 0.2) is 0 Å². The smallest absolute Gasteiger partial charge is 0.0470 e. The standard InChI is InChI=1S/3C42H29N/c1-3-13-29(14-4-1)31-17-11-18-33(27-31)43-41-24-12-23-34(42(41)30-15-5-2-6-16-30)32-25-26-39-37-21-8-7-19-35(37)36-20-9-10-22-38(36)40(39)28-32;1-3-12-29(13-4-1)31-16-11-17-34(26-31)43-42-25-23-33(27-40(42)30-14-5-2-6-15-30)32-22-24-39-37-20-8-7-18-35(37)36-19-9-10-21-38(36)41(39)28-32;1-3-12-29(13-4-1)30-22-25-33(26-23-30)43-41-21-11-20-34(42(41)31-14-5-2-6-15-31)32-24-27-39-37-18-8-7-16-35(37)36-17-9-10-19-38(36)40(39)28-32/h3*1-28,43H. The molecule has 0 unspecified atom stereocenters. The number of fused-ring (bicyclic) bond motifs is 18. The molecule has 0 radical (unpaired) electrons. The molecule has 24 aromatic rings. The number of hydrogen-bond acceptors (Lipinski definition) is 3. The predicted octanol–water partition coefficient (Wildman–Crippen LogP) is 35.7. The maximum Gasteiger partial charge on any atom is 0.0470 e. The van der Waals surface area contributed by atoms with Crippen molar-refractivity contribution in [3.63, 3.8) is 0 Å². The van der Waals surface area contributed by atoms with Crippen LogP contribution >= 0.6 is 0 Å². The SMILES string of the molecule is c1ccc(-c2ccc(Nc3cccc(-c4ccc5c6ccccc6c6ccccc6c5c4)c3-c3ccccc3)cc2)cc1.c1ccc(-c2cccc(Nc3ccc(-c4ccc5c6ccccc6c6ccccc6c5c4)cc3-c3ccccc3)c2)cc1.c1ccc(-c2cccc(Nc3cccc(-c4ccc5c6ccccc6c6ccccc6c5c4)c3-c3ccccc3)c2)cc1. The Morgan fingerprint density at radius 1 is 0.101 bits per heavy atom. The fourth-order valence-electron chi connectivity index (χ4n) is 19.2. The van der Waals surface area contributed by atoms with E-state index in [-0.39, 0.29) is 0 Å². The van der Waals surface area contributed by atoms with Gasteiger partial charge in [-0.2, -0.15) is 0 Å². The minimum atomic E-state index is 1.06.